The zero-order valence-corrected chi connectivity index (χ0v) is 19.8. The summed E-state index contributed by atoms with van der Waals surface area (Å²) in [6.45, 7) is 3.92. The van der Waals surface area contributed by atoms with Crippen molar-refractivity contribution in [1.29, 1.82) is 0 Å². The molecule has 0 bridgehead atoms. The largest absolute Gasteiger partial charge is 0.419 e. The van der Waals surface area contributed by atoms with Crippen molar-refractivity contribution < 1.29 is 17.6 Å². The maximum atomic E-state index is 13.1. The van der Waals surface area contributed by atoms with Crippen molar-refractivity contribution in [1.82, 2.24) is 13.8 Å². The van der Waals surface area contributed by atoms with E-state index >= 15 is 0 Å². The van der Waals surface area contributed by atoms with Crippen LogP contribution in [-0.4, -0.2) is 47.7 Å². The quantitative estimate of drug-likeness (QED) is 0.528. The van der Waals surface area contributed by atoms with Gasteiger partial charge in [0.2, 0.25) is 15.9 Å². The van der Waals surface area contributed by atoms with E-state index in [0.29, 0.717) is 51.0 Å². The van der Waals surface area contributed by atoms with E-state index in [1.54, 1.807) is 13.1 Å². The molecule has 0 unspecified atom stereocenters. The highest BCUT2D eigenvalue weighted by atomic mass is 32.2. The third-order valence-corrected chi connectivity index (χ3v) is 8.28. The molecule has 1 fully saturated rings. The number of sulfonamides is 1. The van der Waals surface area contributed by atoms with Gasteiger partial charge < -0.3 is 9.32 Å². The highest BCUT2D eigenvalue weighted by Gasteiger charge is 2.31. The van der Waals surface area contributed by atoms with Crippen molar-refractivity contribution >= 4 is 27.0 Å². The summed E-state index contributed by atoms with van der Waals surface area (Å²) in [6, 6.07) is 14.4. The van der Waals surface area contributed by atoms with Gasteiger partial charge in [0.1, 0.15) is 0 Å². The molecule has 8 nitrogen and oxygen atoms in total. The van der Waals surface area contributed by atoms with Crippen LogP contribution in [0.2, 0.25) is 0 Å². The van der Waals surface area contributed by atoms with Crippen LogP contribution in [0, 0.1) is 5.92 Å². The lowest BCUT2D eigenvalue weighted by molar-refractivity contribution is -0.132. The maximum absolute atomic E-state index is 13.1. The number of rotatable bonds is 7. The lowest BCUT2D eigenvalue weighted by Gasteiger charge is -2.32. The average molecular weight is 472 g/mol. The van der Waals surface area contributed by atoms with Crippen molar-refractivity contribution in [3.05, 3.63) is 64.6 Å². The van der Waals surface area contributed by atoms with Gasteiger partial charge in [-0.2, -0.15) is 4.31 Å². The minimum Gasteiger partial charge on any atom is -0.408 e. The van der Waals surface area contributed by atoms with Gasteiger partial charge >= 0.3 is 5.76 Å². The number of aryl methyl sites for hydroxylation is 1. The Hall–Kier alpha value is -2.91. The summed E-state index contributed by atoms with van der Waals surface area (Å²) in [5.74, 6) is -0.269. The Bertz CT molecular complexity index is 1290. The molecule has 0 N–H and O–H groups in total. The van der Waals surface area contributed by atoms with Gasteiger partial charge in [-0.15, -0.1) is 0 Å². The smallest absolute Gasteiger partial charge is 0.408 e. The molecule has 1 aromatic heterocycles. The molecule has 1 amide bonds. The van der Waals surface area contributed by atoms with Crippen LogP contribution in [0.3, 0.4) is 0 Å². The van der Waals surface area contributed by atoms with Crippen LogP contribution in [0.15, 0.2) is 62.6 Å². The Morgan fingerprint density at radius 2 is 1.82 bits per heavy atom. The first-order chi connectivity index (χ1) is 15.8. The van der Waals surface area contributed by atoms with E-state index in [9.17, 15) is 18.0 Å². The lowest BCUT2D eigenvalue weighted by atomic mass is 9.94. The van der Waals surface area contributed by atoms with E-state index in [2.05, 4.69) is 0 Å². The van der Waals surface area contributed by atoms with E-state index in [1.165, 1.54) is 21.0 Å². The fourth-order valence-electron chi connectivity index (χ4n) is 4.33. The molecule has 0 spiro atoms. The molecule has 33 heavy (non-hydrogen) atoms. The highest BCUT2D eigenvalue weighted by molar-refractivity contribution is 7.89. The number of hydrogen-bond acceptors (Lipinski definition) is 5. The number of aromatic nitrogens is 1. The van der Waals surface area contributed by atoms with Crippen LogP contribution in [0.5, 0.6) is 0 Å². The Balaban J connectivity index is 1.37. The molecule has 0 radical (unpaired) electrons. The van der Waals surface area contributed by atoms with Crippen molar-refractivity contribution in [2.24, 2.45) is 13.0 Å². The van der Waals surface area contributed by atoms with Gasteiger partial charge in [0.05, 0.1) is 10.4 Å². The van der Waals surface area contributed by atoms with Gasteiger partial charge in [-0.3, -0.25) is 9.36 Å². The van der Waals surface area contributed by atoms with Gasteiger partial charge in [-0.05, 0) is 43.4 Å². The standard InChI is InChI=1S/C24H29N3O5S/c1-3-26(17-19-7-5-4-6-8-19)23(28)15-18-11-13-27(14-12-18)33(30,31)20-9-10-21-22(16-20)32-24(29)25(21)2/h4-10,16,18H,3,11-15,17H2,1-2H3. The van der Waals surface area contributed by atoms with Gasteiger partial charge in [-0.25, -0.2) is 13.2 Å². The molecule has 4 rings (SSSR count). The first-order valence-corrected chi connectivity index (χ1v) is 12.6. The number of carbonyl (C=O) groups excluding carboxylic acids is 1. The Kier molecular flexibility index (Phi) is 6.71. The monoisotopic (exact) mass is 471 g/mol. The van der Waals surface area contributed by atoms with Crippen LogP contribution >= 0.6 is 0 Å². The normalized spacial score (nSPS) is 15.7. The first kappa shape index (κ1) is 23.3. The minimum absolute atomic E-state index is 0.104. The highest BCUT2D eigenvalue weighted by Crippen LogP contribution is 2.28. The number of fused-ring (bicyclic) bond motifs is 1. The molecule has 2 heterocycles. The predicted octanol–water partition coefficient (Wildman–Crippen LogP) is 2.97. The number of carbonyl (C=O) groups is 1. The maximum Gasteiger partial charge on any atom is 0.419 e. The predicted molar refractivity (Wildman–Crippen MR) is 125 cm³/mol. The minimum atomic E-state index is -3.70. The summed E-state index contributed by atoms with van der Waals surface area (Å²) in [7, 11) is -2.13. The number of amides is 1. The number of oxazole rings is 1. The number of hydrogen-bond donors (Lipinski definition) is 0. The van der Waals surface area contributed by atoms with E-state index < -0.39 is 15.8 Å². The molecule has 176 valence electrons. The fourth-order valence-corrected chi connectivity index (χ4v) is 5.82. The van der Waals surface area contributed by atoms with Gasteiger partial charge in [0.25, 0.3) is 0 Å². The van der Waals surface area contributed by atoms with Crippen molar-refractivity contribution in [3.8, 4) is 0 Å². The fraction of sp³-hybridized carbons (Fsp3) is 0.417. The molecule has 0 aliphatic carbocycles. The molecule has 0 saturated carbocycles. The average Bonchev–Trinajstić information content (AvgIpc) is 3.11. The van der Waals surface area contributed by atoms with Crippen LogP contribution in [0.4, 0.5) is 0 Å². The van der Waals surface area contributed by atoms with Gasteiger partial charge in [0, 0.05) is 45.7 Å². The second-order valence-electron chi connectivity index (χ2n) is 8.50. The van der Waals surface area contributed by atoms with Crippen molar-refractivity contribution in [3.63, 3.8) is 0 Å². The molecule has 1 aliphatic heterocycles. The Morgan fingerprint density at radius 3 is 2.48 bits per heavy atom. The second-order valence-corrected chi connectivity index (χ2v) is 10.4. The van der Waals surface area contributed by atoms with Crippen LogP contribution < -0.4 is 5.76 Å². The molecular formula is C24H29N3O5S. The molecule has 1 saturated heterocycles. The van der Waals surface area contributed by atoms with Gasteiger partial charge in [0.15, 0.2) is 5.58 Å². The number of nitrogens with zero attached hydrogens (tertiary/aromatic N) is 3. The molecular weight excluding hydrogens is 442 g/mol. The van der Waals surface area contributed by atoms with Crippen LogP contribution in [-0.2, 0) is 28.4 Å². The summed E-state index contributed by atoms with van der Waals surface area (Å²) in [6.07, 6.45) is 1.70. The number of benzene rings is 2. The SMILES string of the molecule is CCN(Cc1ccccc1)C(=O)CC1CCN(S(=O)(=O)c2ccc3c(c2)oc(=O)n3C)CC1. The van der Waals surface area contributed by atoms with Crippen LogP contribution in [0.1, 0.15) is 31.7 Å². The molecule has 9 heteroatoms. The zero-order chi connectivity index (χ0) is 23.6. The Morgan fingerprint density at radius 1 is 1.12 bits per heavy atom. The molecule has 1 aliphatic rings. The molecule has 3 aromatic rings. The molecule has 2 aromatic carbocycles. The zero-order valence-electron chi connectivity index (χ0n) is 18.9. The summed E-state index contributed by atoms with van der Waals surface area (Å²) >= 11 is 0. The van der Waals surface area contributed by atoms with E-state index in [-0.39, 0.29) is 22.3 Å². The van der Waals surface area contributed by atoms with E-state index in [4.69, 9.17) is 4.42 Å². The van der Waals surface area contributed by atoms with E-state index in [0.717, 1.165) is 5.56 Å². The third kappa shape index (κ3) is 4.89. The molecule has 0 atom stereocenters. The topological polar surface area (TPSA) is 92.8 Å². The van der Waals surface area contributed by atoms with Crippen molar-refractivity contribution in [2.75, 3.05) is 19.6 Å². The Labute approximate surface area is 193 Å². The van der Waals surface area contributed by atoms with E-state index in [1.807, 2.05) is 42.2 Å². The summed E-state index contributed by atoms with van der Waals surface area (Å²) in [5.41, 5.74) is 1.90. The van der Waals surface area contributed by atoms with Crippen LogP contribution in [0.25, 0.3) is 11.1 Å². The summed E-state index contributed by atoms with van der Waals surface area (Å²) in [5, 5.41) is 0. The van der Waals surface area contributed by atoms with Gasteiger partial charge in [-0.1, -0.05) is 30.3 Å². The second kappa shape index (κ2) is 9.52. The van der Waals surface area contributed by atoms with Crippen molar-refractivity contribution in [2.45, 2.75) is 37.6 Å². The summed E-state index contributed by atoms with van der Waals surface area (Å²) in [4.78, 5) is 26.5. The third-order valence-electron chi connectivity index (χ3n) is 6.39. The number of piperidine rings is 1. The lowest BCUT2D eigenvalue weighted by Crippen LogP contribution is -2.40. The first-order valence-electron chi connectivity index (χ1n) is 11.2. The summed E-state index contributed by atoms with van der Waals surface area (Å²) < 4.78 is 34.2.